The highest BCUT2D eigenvalue weighted by molar-refractivity contribution is 6.04. The molecule has 1 aromatic carbocycles. The van der Waals surface area contributed by atoms with Crippen LogP contribution in [0.15, 0.2) is 42.6 Å². The van der Waals surface area contributed by atoms with E-state index in [1.54, 1.807) is 36.5 Å². The first kappa shape index (κ1) is 18.7. The molecule has 0 spiro atoms. The molecule has 2 heterocycles. The Kier molecular flexibility index (Phi) is 6.25. The maximum absolute atomic E-state index is 12.4. The third-order valence-electron chi connectivity index (χ3n) is 4.39. The molecule has 1 aliphatic heterocycles. The van der Waals surface area contributed by atoms with E-state index in [-0.39, 0.29) is 5.91 Å². The van der Waals surface area contributed by atoms with Crippen LogP contribution < -0.4 is 15.0 Å². The molecule has 2 aromatic rings. The first-order chi connectivity index (χ1) is 13.1. The zero-order valence-electron chi connectivity index (χ0n) is 15.1. The molecule has 1 saturated heterocycles. The lowest BCUT2D eigenvalue weighted by Gasteiger charge is -2.21. The second-order valence-electron chi connectivity index (χ2n) is 6.47. The van der Waals surface area contributed by atoms with E-state index in [2.05, 4.69) is 15.2 Å². The number of hydrogen-bond donors (Lipinski definition) is 2. The van der Waals surface area contributed by atoms with Gasteiger partial charge in [0, 0.05) is 31.0 Å². The minimum Gasteiger partial charge on any atom is -0.482 e. The number of amides is 1. The number of carbonyl (C=O) groups excluding carboxylic acids is 1. The zero-order chi connectivity index (χ0) is 19.1. The summed E-state index contributed by atoms with van der Waals surface area (Å²) in [4.78, 5) is 29.7. The Morgan fingerprint density at radius 1 is 1.11 bits per heavy atom. The summed E-state index contributed by atoms with van der Waals surface area (Å²) in [6.45, 7) is 1.57. The number of ether oxygens (including phenoxy) is 1. The van der Waals surface area contributed by atoms with Gasteiger partial charge in [0.2, 0.25) is 0 Å². The molecule has 7 heteroatoms. The Morgan fingerprint density at radius 3 is 2.56 bits per heavy atom. The van der Waals surface area contributed by atoms with Crippen LogP contribution in [0.4, 0.5) is 11.5 Å². The molecule has 142 valence electrons. The fourth-order valence-corrected chi connectivity index (χ4v) is 3.02. The molecule has 0 unspecified atom stereocenters. The average molecular weight is 369 g/mol. The molecule has 0 atom stereocenters. The van der Waals surface area contributed by atoms with Gasteiger partial charge >= 0.3 is 5.97 Å². The van der Waals surface area contributed by atoms with Crippen LogP contribution in [0.25, 0.3) is 0 Å². The number of aliphatic carboxylic acids is 1. The van der Waals surface area contributed by atoms with Gasteiger partial charge in [0.1, 0.15) is 11.6 Å². The van der Waals surface area contributed by atoms with Gasteiger partial charge in [-0.1, -0.05) is 18.9 Å². The molecule has 1 amide bonds. The van der Waals surface area contributed by atoms with Crippen LogP contribution in [0.5, 0.6) is 5.75 Å². The first-order valence-electron chi connectivity index (χ1n) is 9.09. The molecule has 1 fully saturated rings. The SMILES string of the molecule is O=C(O)COc1cccc(NC(=O)c2ccc(N3CCCCCC3)nc2)c1. The monoisotopic (exact) mass is 369 g/mol. The van der Waals surface area contributed by atoms with Gasteiger partial charge < -0.3 is 20.1 Å². The van der Waals surface area contributed by atoms with E-state index < -0.39 is 12.6 Å². The van der Waals surface area contributed by atoms with Gasteiger partial charge in [-0.25, -0.2) is 9.78 Å². The van der Waals surface area contributed by atoms with Gasteiger partial charge in [-0.05, 0) is 37.1 Å². The van der Waals surface area contributed by atoms with Gasteiger partial charge in [-0.3, -0.25) is 4.79 Å². The van der Waals surface area contributed by atoms with Gasteiger partial charge in [0.25, 0.3) is 5.91 Å². The summed E-state index contributed by atoms with van der Waals surface area (Å²) in [6.07, 6.45) is 6.44. The number of hydrogen-bond acceptors (Lipinski definition) is 5. The highest BCUT2D eigenvalue weighted by Crippen LogP contribution is 2.20. The Bertz CT molecular complexity index is 784. The van der Waals surface area contributed by atoms with Crippen molar-refractivity contribution < 1.29 is 19.4 Å². The number of nitrogens with one attached hydrogen (secondary N) is 1. The number of carbonyl (C=O) groups is 2. The van der Waals surface area contributed by atoms with Gasteiger partial charge in [-0.2, -0.15) is 0 Å². The topological polar surface area (TPSA) is 91.8 Å². The van der Waals surface area contributed by atoms with Crippen LogP contribution in [0.1, 0.15) is 36.0 Å². The van der Waals surface area contributed by atoms with E-state index in [9.17, 15) is 9.59 Å². The second kappa shape index (κ2) is 9.02. The summed E-state index contributed by atoms with van der Waals surface area (Å²) in [5, 5.41) is 11.4. The lowest BCUT2D eigenvalue weighted by atomic mass is 10.2. The van der Waals surface area contributed by atoms with Crippen LogP contribution in [-0.2, 0) is 4.79 Å². The molecular weight excluding hydrogens is 346 g/mol. The molecule has 0 aliphatic carbocycles. The fourth-order valence-electron chi connectivity index (χ4n) is 3.02. The van der Waals surface area contributed by atoms with E-state index in [1.807, 2.05) is 6.07 Å². The maximum Gasteiger partial charge on any atom is 0.341 e. The van der Waals surface area contributed by atoms with Crippen LogP contribution in [0.2, 0.25) is 0 Å². The third-order valence-corrected chi connectivity index (χ3v) is 4.39. The van der Waals surface area contributed by atoms with Crippen molar-refractivity contribution >= 4 is 23.4 Å². The minimum absolute atomic E-state index is 0.277. The molecule has 7 nitrogen and oxygen atoms in total. The molecule has 0 radical (unpaired) electrons. The second-order valence-corrected chi connectivity index (χ2v) is 6.47. The van der Waals surface area contributed by atoms with Crippen molar-refractivity contribution in [3.8, 4) is 5.75 Å². The van der Waals surface area contributed by atoms with Crippen molar-refractivity contribution in [2.75, 3.05) is 29.9 Å². The molecule has 27 heavy (non-hydrogen) atoms. The van der Waals surface area contributed by atoms with E-state index >= 15 is 0 Å². The molecular formula is C20H23N3O4. The van der Waals surface area contributed by atoms with Crippen molar-refractivity contribution in [3.05, 3.63) is 48.2 Å². The van der Waals surface area contributed by atoms with Gasteiger partial charge in [0.05, 0.1) is 5.56 Å². The number of pyridine rings is 1. The molecule has 0 saturated carbocycles. The van der Waals surface area contributed by atoms with E-state index in [4.69, 9.17) is 9.84 Å². The van der Waals surface area contributed by atoms with Crippen LogP contribution >= 0.6 is 0 Å². The summed E-state index contributed by atoms with van der Waals surface area (Å²) in [5.41, 5.74) is 0.991. The number of carboxylic acid groups (broad SMARTS) is 1. The highest BCUT2D eigenvalue weighted by atomic mass is 16.5. The van der Waals surface area contributed by atoms with Crippen molar-refractivity contribution in [3.63, 3.8) is 0 Å². The molecule has 0 bridgehead atoms. The minimum atomic E-state index is -1.06. The first-order valence-corrected chi connectivity index (χ1v) is 9.09. The lowest BCUT2D eigenvalue weighted by Crippen LogP contribution is -2.25. The number of nitrogens with zero attached hydrogens (tertiary/aromatic N) is 2. The highest BCUT2D eigenvalue weighted by Gasteiger charge is 2.13. The molecule has 1 aromatic heterocycles. The summed E-state index contributed by atoms with van der Waals surface area (Å²) >= 11 is 0. The summed E-state index contributed by atoms with van der Waals surface area (Å²) < 4.78 is 5.12. The normalized spacial score (nSPS) is 14.3. The quantitative estimate of drug-likeness (QED) is 0.813. The van der Waals surface area contributed by atoms with E-state index in [1.165, 1.54) is 25.7 Å². The molecule has 3 rings (SSSR count). The van der Waals surface area contributed by atoms with Crippen molar-refractivity contribution in [1.82, 2.24) is 4.98 Å². The Hall–Kier alpha value is -3.09. The van der Waals surface area contributed by atoms with Crippen LogP contribution in [0.3, 0.4) is 0 Å². The molecule has 1 aliphatic rings. The maximum atomic E-state index is 12.4. The van der Waals surface area contributed by atoms with Crippen LogP contribution in [-0.4, -0.2) is 41.7 Å². The van der Waals surface area contributed by atoms with E-state index in [0.717, 1.165) is 18.9 Å². The standard InChI is InChI=1S/C20H23N3O4/c24-19(25)14-27-17-7-5-6-16(12-17)22-20(26)15-8-9-18(21-13-15)23-10-3-1-2-4-11-23/h5-9,12-13H,1-4,10-11,14H2,(H,22,26)(H,24,25). The average Bonchev–Trinajstić information content (AvgIpc) is 2.96. The van der Waals surface area contributed by atoms with Crippen LogP contribution in [0, 0.1) is 0 Å². The lowest BCUT2D eigenvalue weighted by molar-refractivity contribution is -0.139. The Labute approximate surface area is 158 Å². The van der Waals surface area contributed by atoms with Crippen molar-refractivity contribution in [2.24, 2.45) is 0 Å². The summed E-state index contributed by atoms with van der Waals surface area (Å²) in [7, 11) is 0. The van der Waals surface area contributed by atoms with Crippen molar-refractivity contribution in [2.45, 2.75) is 25.7 Å². The number of rotatable bonds is 6. The largest absolute Gasteiger partial charge is 0.482 e. The smallest absolute Gasteiger partial charge is 0.341 e. The zero-order valence-corrected chi connectivity index (χ0v) is 15.1. The predicted molar refractivity (Wildman–Crippen MR) is 102 cm³/mol. The van der Waals surface area contributed by atoms with Gasteiger partial charge in [-0.15, -0.1) is 0 Å². The summed E-state index contributed by atoms with van der Waals surface area (Å²) in [5.74, 6) is -0.0531. The third kappa shape index (κ3) is 5.44. The summed E-state index contributed by atoms with van der Waals surface area (Å²) in [6, 6.07) is 10.3. The van der Waals surface area contributed by atoms with Gasteiger partial charge in [0.15, 0.2) is 6.61 Å². The number of aromatic nitrogens is 1. The number of carboxylic acids is 1. The predicted octanol–water partition coefficient (Wildman–Crippen LogP) is 3.18. The van der Waals surface area contributed by atoms with E-state index in [0.29, 0.717) is 17.0 Å². The fraction of sp³-hybridized carbons (Fsp3) is 0.350. The molecule has 2 N–H and O–H groups in total. The number of anilines is 2. The number of benzene rings is 1. The van der Waals surface area contributed by atoms with Crippen molar-refractivity contribution in [1.29, 1.82) is 0 Å². The Morgan fingerprint density at radius 2 is 1.89 bits per heavy atom. The Balaban J connectivity index is 1.62.